The van der Waals surface area contributed by atoms with Crippen LogP contribution in [0.4, 0.5) is 10.5 Å². The van der Waals surface area contributed by atoms with E-state index >= 15 is 16.8 Å². The minimum atomic E-state index is -4.83. The van der Waals surface area contributed by atoms with Crippen LogP contribution in [0.5, 0.6) is 5.75 Å². The van der Waals surface area contributed by atoms with Gasteiger partial charge in [0.15, 0.2) is 8.32 Å². The molecule has 4 aromatic carbocycles. The van der Waals surface area contributed by atoms with Crippen molar-refractivity contribution in [1.82, 2.24) is 39.5 Å². The molecule has 1 amide bonds. The Morgan fingerprint density at radius 2 is 1.55 bits per heavy atom. The molecule has 2 saturated heterocycles. The molecule has 5 aromatic rings. The molecular weight excluding hydrogens is 915 g/mol. The Labute approximate surface area is 394 Å². The predicted molar refractivity (Wildman–Crippen MR) is 256 cm³/mol. The summed E-state index contributed by atoms with van der Waals surface area (Å²) in [6, 6.07) is 28.4. The van der Waals surface area contributed by atoms with E-state index in [2.05, 4.69) is 25.3 Å². The number of ether oxygens (including phenoxy) is 2. The third kappa shape index (κ3) is 12.1. The molecule has 2 fully saturated rings. The summed E-state index contributed by atoms with van der Waals surface area (Å²) >= 11 is 0. The van der Waals surface area contributed by atoms with Gasteiger partial charge >= 0.3 is 6.09 Å². The van der Waals surface area contributed by atoms with Crippen LogP contribution < -0.4 is 19.7 Å². The van der Waals surface area contributed by atoms with Gasteiger partial charge in [0.2, 0.25) is 25.9 Å². The van der Waals surface area contributed by atoms with E-state index in [9.17, 15) is 9.90 Å². The van der Waals surface area contributed by atoms with Crippen molar-refractivity contribution in [2.24, 2.45) is 0 Å². The van der Waals surface area contributed by atoms with Crippen molar-refractivity contribution in [2.45, 2.75) is 80.5 Å². The Hall–Kier alpha value is -5.26. The zero-order valence-electron chi connectivity index (χ0n) is 38.8. The smallest absolute Gasteiger partial charge is 0.404 e. The number of benzene rings is 4. The molecule has 2 aliphatic heterocycles. The fourth-order valence-electron chi connectivity index (χ4n) is 7.93. The van der Waals surface area contributed by atoms with Crippen molar-refractivity contribution in [2.75, 3.05) is 64.5 Å². The summed E-state index contributed by atoms with van der Waals surface area (Å²) in [5, 5.41) is 25.2. The van der Waals surface area contributed by atoms with E-state index in [0.717, 1.165) is 12.1 Å². The number of sulfonamides is 2. The van der Waals surface area contributed by atoms with Crippen LogP contribution in [0.3, 0.4) is 0 Å². The highest BCUT2D eigenvalue weighted by molar-refractivity contribution is 7.92. The van der Waals surface area contributed by atoms with Crippen LogP contribution >= 0.6 is 0 Å². The zero-order valence-corrected chi connectivity index (χ0v) is 41.5. The van der Waals surface area contributed by atoms with Gasteiger partial charge in [-0.2, -0.15) is 9.10 Å². The fourth-order valence-corrected chi connectivity index (χ4v) is 12.8. The molecule has 360 valence electrons. The number of amides is 1. The second kappa shape index (κ2) is 20.9. The van der Waals surface area contributed by atoms with Gasteiger partial charge in [-0.05, 0) is 64.3 Å². The molecule has 0 bridgehead atoms. The molecule has 3 heterocycles. The summed E-state index contributed by atoms with van der Waals surface area (Å²) in [5.41, 5.74) is 2.56. The van der Waals surface area contributed by atoms with Crippen LogP contribution in [0.2, 0.25) is 18.1 Å². The van der Waals surface area contributed by atoms with E-state index in [0.29, 0.717) is 55.4 Å². The average molecular weight is 976 g/mol. The number of morpholine rings is 1. The van der Waals surface area contributed by atoms with Gasteiger partial charge in [-0.25, -0.2) is 26.4 Å². The first-order valence-electron chi connectivity index (χ1n) is 22.2. The molecule has 21 heteroatoms. The summed E-state index contributed by atoms with van der Waals surface area (Å²) in [6.07, 6.45) is -2.24. The number of piperazine rings is 1. The number of fused-ring (bicyclic) bond motifs is 1. The Morgan fingerprint density at radius 3 is 2.16 bits per heavy atom. The van der Waals surface area contributed by atoms with Gasteiger partial charge < -0.3 is 29.2 Å². The summed E-state index contributed by atoms with van der Waals surface area (Å²) < 4.78 is 84.0. The van der Waals surface area contributed by atoms with Crippen LogP contribution in [0, 0.1) is 0 Å². The van der Waals surface area contributed by atoms with E-state index in [4.69, 9.17) is 19.0 Å². The van der Waals surface area contributed by atoms with Gasteiger partial charge in [0.05, 0.1) is 44.6 Å². The maximum Gasteiger partial charge on any atom is 0.404 e. The van der Waals surface area contributed by atoms with Gasteiger partial charge in [-0.3, -0.25) is 4.90 Å². The standard InChI is InChI=1S/C46H61N9O9S2Si/c1-46(2,3)67(5,6)64-39(27-47-45(56)57)28-48-65(58,59)41-22-21-40(53-24-23-52-25-26-63-33-37(52)32-53)42(44-49-51-55(50-44)31-36-17-19-38(62-4)20-18-36)43(41)66(60,61)54(29-34-13-9-7-10-14-34)30-35-15-11-8-12-16-35/h7-22,37,39,47-48H,23-33H2,1-6H3,(H,56,57). The number of tetrazole rings is 1. The molecule has 1 aromatic heterocycles. The summed E-state index contributed by atoms with van der Waals surface area (Å²) in [4.78, 5) is 16.4. The number of rotatable bonds is 19. The normalized spacial score (nSPS) is 16.7. The van der Waals surface area contributed by atoms with E-state index < -0.39 is 50.4 Å². The fraction of sp³-hybridized carbons (Fsp3) is 0.435. The van der Waals surface area contributed by atoms with Crippen LogP contribution in [0.25, 0.3) is 11.4 Å². The largest absolute Gasteiger partial charge is 0.497 e. The van der Waals surface area contributed by atoms with Crippen molar-refractivity contribution in [3.63, 3.8) is 0 Å². The topological polar surface area (TPSA) is 211 Å². The van der Waals surface area contributed by atoms with E-state index in [1.54, 1.807) is 25.3 Å². The van der Waals surface area contributed by atoms with Crippen LogP contribution in [0.1, 0.15) is 37.5 Å². The number of nitrogens with zero attached hydrogens (tertiary/aromatic N) is 7. The Balaban J connectivity index is 1.42. The van der Waals surface area contributed by atoms with Gasteiger partial charge in [-0.1, -0.05) is 93.6 Å². The first-order valence-corrected chi connectivity index (χ1v) is 28.0. The van der Waals surface area contributed by atoms with Gasteiger partial charge in [0.1, 0.15) is 15.5 Å². The Kier molecular flexibility index (Phi) is 15.5. The number of hydrogen-bond donors (Lipinski definition) is 3. The third-order valence-corrected chi connectivity index (χ3v) is 20.6. The van der Waals surface area contributed by atoms with Gasteiger partial charge in [0, 0.05) is 58.0 Å². The Bertz CT molecular complexity index is 2650. The number of hydrogen-bond acceptors (Lipinski definition) is 13. The first-order chi connectivity index (χ1) is 31.8. The molecule has 18 nitrogen and oxygen atoms in total. The second-order valence-electron chi connectivity index (χ2n) is 18.3. The third-order valence-electron chi connectivity index (χ3n) is 12.6. The lowest BCUT2D eigenvalue weighted by atomic mass is 10.1. The SMILES string of the molecule is COc1ccc(Cn2nnc(-c3c(N4CCN5CCOCC5C4)ccc(S(=O)(=O)NCC(CNC(=O)O)O[Si](C)(C)C(C)(C)C)c3S(=O)(=O)N(Cc3ccccc3)Cc3ccccc3)n2)cc1. The van der Waals surface area contributed by atoms with Crippen LogP contribution in [-0.2, 0) is 48.8 Å². The molecule has 7 rings (SSSR count). The highest BCUT2D eigenvalue weighted by atomic mass is 32.2. The number of anilines is 1. The lowest BCUT2D eigenvalue weighted by Gasteiger charge is -2.45. The molecule has 0 aliphatic carbocycles. The predicted octanol–water partition coefficient (Wildman–Crippen LogP) is 5.25. The summed E-state index contributed by atoms with van der Waals surface area (Å²) in [6.45, 7) is 12.8. The molecule has 3 N–H and O–H groups in total. The minimum Gasteiger partial charge on any atom is -0.497 e. The lowest BCUT2D eigenvalue weighted by molar-refractivity contribution is -0.0116. The molecule has 0 saturated carbocycles. The van der Waals surface area contributed by atoms with Crippen molar-refractivity contribution in [3.8, 4) is 17.1 Å². The highest BCUT2D eigenvalue weighted by Crippen LogP contribution is 2.42. The number of methoxy groups -OCH3 is 1. The van der Waals surface area contributed by atoms with Crippen molar-refractivity contribution >= 4 is 40.1 Å². The molecule has 67 heavy (non-hydrogen) atoms. The van der Waals surface area contributed by atoms with Crippen molar-refractivity contribution in [3.05, 3.63) is 114 Å². The number of carboxylic acid groups (broad SMARTS) is 1. The van der Waals surface area contributed by atoms with Crippen LogP contribution in [-0.4, -0.2) is 138 Å². The quantitative estimate of drug-likeness (QED) is 0.0904. The highest BCUT2D eigenvalue weighted by Gasteiger charge is 2.42. The summed E-state index contributed by atoms with van der Waals surface area (Å²) in [5.74, 6) is 0.572. The minimum absolute atomic E-state index is 0.0101. The Morgan fingerprint density at radius 1 is 0.896 bits per heavy atom. The molecule has 2 atom stereocenters. The maximum atomic E-state index is 16.0. The molecular formula is C46H61N9O9S2Si. The van der Waals surface area contributed by atoms with Crippen LogP contribution in [0.15, 0.2) is 107 Å². The number of carbonyl (C=O) groups is 1. The second-order valence-corrected chi connectivity index (χ2v) is 26.6. The van der Waals surface area contributed by atoms with Crippen molar-refractivity contribution in [1.29, 1.82) is 0 Å². The van der Waals surface area contributed by atoms with E-state index in [1.165, 1.54) is 15.2 Å². The molecule has 0 radical (unpaired) electrons. The first kappa shape index (κ1) is 49.6. The monoisotopic (exact) mass is 975 g/mol. The zero-order chi connectivity index (χ0) is 48.0. The lowest BCUT2D eigenvalue weighted by Crippen LogP contribution is -2.58. The molecule has 2 aliphatic rings. The summed E-state index contributed by atoms with van der Waals surface area (Å²) in [7, 11) is -10.6. The van der Waals surface area contributed by atoms with Gasteiger partial charge in [-0.15, -0.1) is 10.2 Å². The van der Waals surface area contributed by atoms with E-state index in [1.807, 2.05) is 112 Å². The van der Waals surface area contributed by atoms with Gasteiger partial charge in [0.25, 0.3) is 0 Å². The maximum absolute atomic E-state index is 16.0. The number of aromatic nitrogens is 4. The molecule has 2 unspecified atom stereocenters. The average Bonchev–Trinajstić information content (AvgIpc) is 3.77. The van der Waals surface area contributed by atoms with Crippen molar-refractivity contribution < 1.29 is 40.6 Å². The number of nitrogens with one attached hydrogen (secondary N) is 2. The molecule has 0 spiro atoms. The van der Waals surface area contributed by atoms with E-state index in [-0.39, 0.29) is 55.2 Å².